The Morgan fingerprint density at radius 2 is 1.93 bits per heavy atom. The lowest BCUT2D eigenvalue weighted by Crippen LogP contribution is -2.39. The number of rotatable bonds is 4. The van der Waals surface area contributed by atoms with E-state index in [4.69, 9.17) is 0 Å². The molecule has 1 fully saturated rings. The molecule has 28 heavy (non-hydrogen) atoms. The molecule has 6 nitrogen and oxygen atoms in total. The maximum atomic E-state index is 13.2. The van der Waals surface area contributed by atoms with Gasteiger partial charge in [-0.3, -0.25) is 14.3 Å². The highest BCUT2D eigenvalue weighted by Crippen LogP contribution is 2.29. The number of likely N-dealkylation sites (tertiary alicyclic amines) is 1. The summed E-state index contributed by atoms with van der Waals surface area (Å²) in [6, 6.07) is 5.71. The first kappa shape index (κ1) is 18.3. The molecule has 0 aliphatic carbocycles. The number of nitrogens with zero attached hydrogens (tertiary/aromatic N) is 5. The number of carbonyl (C=O) groups excluding carboxylic acids is 1. The second-order valence-corrected chi connectivity index (χ2v) is 6.93. The van der Waals surface area contributed by atoms with Gasteiger partial charge in [-0.1, -0.05) is 6.92 Å². The molecular formula is C21H22FN5O. The normalized spacial score (nSPS) is 16.9. The van der Waals surface area contributed by atoms with Crippen molar-refractivity contribution in [2.24, 2.45) is 0 Å². The maximum Gasteiger partial charge on any atom is 0.253 e. The highest BCUT2D eigenvalue weighted by molar-refractivity contribution is 5.94. The number of piperidine rings is 1. The molecule has 1 atom stereocenters. The van der Waals surface area contributed by atoms with Gasteiger partial charge in [0.1, 0.15) is 11.6 Å². The molecule has 3 aromatic rings. The number of amides is 1. The third-order valence-electron chi connectivity index (χ3n) is 5.15. The number of aromatic nitrogens is 4. The van der Waals surface area contributed by atoms with Gasteiger partial charge in [0.15, 0.2) is 5.82 Å². The van der Waals surface area contributed by atoms with Crippen molar-refractivity contribution in [1.82, 2.24) is 24.4 Å². The summed E-state index contributed by atoms with van der Waals surface area (Å²) in [6.45, 7) is 3.31. The van der Waals surface area contributed by atoms with Crippen LogP contribution in [0.15, 0.2) is 49.1 Å². The van der Waals surface area contributed by atoms with Gasteiger partial charge in [-0.2, -0.15) is 0 Å². The van der Waals surface area contributed by atoms with Crippen LogP contribution in [0.2, 0.25) is 0 Å². The van der Waals surface area contributed by atoms with Gasteiger partial charge in [0.2, 0.25) is 0 Å². The monoisotopic (exact) mass is 379 g/mol. The van der Waals surface area contributed by atoms with Crippen molar-refractivity contribution in [1.29, 1.82) is 0 Å². The Morgan fingerprint density at radius 3 is 2.71 bits per heavy atom. The molecule has 0 unspecified atom stereocenters. The van der Waals surface area contributed by atoms with E-state index in [0.29, 0.717) is 18.7 Å². The van der Waals surface area contributed by atoms with Crippen molar-refractivity contribution in [2.75, 3.05) is 13.1 Å². The van der Waals surface area contributed by atoms with Gasteiger partial charge in [0.25, 0.3) is 5.91 Å². The van der Waals surface area contributed by atoms with Crippen molar-refractivity contribution in [2.45, 2.75) is 32.1 Å². The average molecular weight is 379 g/mol. The Morgan fingerprint density at radius 1 is 1.14 bits per heavy atom. The number of hydrogen-bond donors (Lipinski definition) is 0. The highest BCUT2D eigenvalue weighted by Gasteiger charge is 2.29. The number of carbonyl (C=O) groups is 1. The molecule has 1 aliphatic heterocycles. The summed E-state index contributed by atoms with van der Waals surface area (Å²) in [5.41, 5.74) is 1.39. The first-order valence-electron chi connectivity index (χ1n) is 9.55. The van der Waals surface area contributed by atoms with E-state index in [2.05, 4.69) is 21.9 Å². The largest absolute Gasteiger partial charge is 0.338 e. The molecule has 7 heteroatoms. The summed E-state index contributed by atoms with van der Waals surface area (Å²) in [7, 11) is 0. The number of halogens is 1. The summed E-state index contributed by atoms with van der Waals surface area (Å²) < 4.78 is 15.1. The van der Waals surface area contributed by atoms with Gasteiger partial charge in [-0.05, 0) is 37.1 Å². The van der Waals surface area contributed by atoms with Crippen molar-refractivity contribution in [3.8, 4) is 5.82 Å². The van der Waals surface area contributed by atoms with Crippen LogP contribution in [0.5, 0.6) is 0 Å². The van der Waals surface area contributed by atoms with Gasteiger partial charge in [-0.25, -0.2) is 14.4 Å². The summed E-state index contributed by atoms with van der Waals surface area (Å²) >= 11 is 0. The number of imidazole rings is 1. The Kier molecular flexibility index (Phi) is 5.14. The van der Waals surface area contributed by atoms with Crippen molar-refractivity contribution in [3.63, 3.8) is 0 Å². The van der Waals surface area contributed by atoms with Crippen molar-refractivity contribution in [3.05, 3.63) is 72.0 Å². The first-order valence-corrected chi connectivity index (χ1v) is 9.55. The van der Waals surface area contributed by atoms with E-state index in [1.165, 1.54) is 24.3 Å². The number of benzene rings is 1. The van der Waals surface area contributed by atoms with Crippen LogP contribution >= 0.6 is 0 Å². The molecule has 1 aromatic carbocycles. The molecule has 3 heterocycles. The lowest BCUT2D eigenvalue weighted by Gasteiger charge is -2.33. The fourth-order valence-corrected chi connectivity index (χ4v) is 3.76. The molecule has 1 amide bonds. The lowest BCUT2D eigenvalue weighted by atomic mass is 9.93. The molecule has 0 radical (unpaired) electrons. The van der Waals surface area contributed by atoms with Crippen LogP contribution in [0.4, 0.5) is 4.39 Å². The van der Waals surface area contributed by atoms with Gasteiger partial charge in [0.05, 0.1) is 5.69 Å². The predicted octanol–water partition coefficient (Wildman–Crippen LogP) is 3.38. The van der Waals surface area contributed by atoms with Crippen molar-refractivity contribution < 1.29 is 9.18 Å². The fourth-order valence-electron chi connectivity index (χ4n) is 3.76. The summed E-state index contributed by atoms with van der Waals surface area (Å²) in [5.74, 6) is 1.38. The van der Waals surface area contributed by atoms with E-state index >= 15 is 0 Å². The minimum absolute atomic E-state index is 0.0768. The van der Waals surface area contributed by atoms with E-state index in [9.17, 15) is 9.18 Å². The van der Waals surface area contributed by atoms with E-state index in [-0.39, 0.29) is 17.6 Å². The van der Waals surface area contributed by atoms with Gasteiger partial charge in [0, 0.05) is 55.8 Å². The predicted molar refractivity (Wildman–Crippen MR) is 103 cm³/mol. The molecule has 1 aliphatic rings. The van der Waals surface area contributed by atoms with E-state index in [0.717, 1.165) is 36.6 Å². The van der Waals surface area contributed by atoms with Gasteiger partial charge in [-0.15, -0.1) is 0 Å². The van der Waals surface area contributed by atoms with Crippen molar-refractivity contribution >= 4 is 5.91 Å². The van der Waals surface area contributed by atoms with E-state index in [1.54, 1.807) is 18.6 Å². The zero-order chi connectivity index (χ0) is 19.5. The fraction of sp³-hybridized carbons (Fsp3) is 0.333. The molecule has 2 aromatic heterocycles. The standard InChI is InChI=1S/C21H22FN5O/c1-2-18-23-11-13-27(18)20-19(24-9-10-25-20)16-4-3-12-26(14-16)21(28)15-5-7-17(22)8-6-15/h5-11,13,16H,2-4,12,14H2,1H3/t16-/m0/s1. The molecule has 1 saturated heterocycles. The quantitative estimate of drug-likeness (QED) is 0.697. The average Bonchev–Trinajstić information content (AvgIpc) is 3.22. The first-order chi connectivity index (χ1) is 13.7. The summed E-state index contributed by atoms with van der Waals surface area (Å²) in [4.78, 5) is 28.2. The number of aryl methyl sites for hydroxylation is 1. The molecule has 0 spiro atoms. The van der Waals surface area contributed by atoms with Crippen LogP contribution in [0.1, 0.15) is 47.6 Å². The Hall–Kier alpha value is -3.09. The SMILES string of the molecule is CCc1nccn1-c1nccnc1[C@H]1CCCN(C(=O)c2ccc(F)cc2)C1. The van der Waals surface area contributed by atoms with Crippen LogP contribution in [-0.2, 0) is 6.42 Å². The Labute approximate surface area is 163 Å². The molecule has 144 valence electrons. The Bertz CT molecular complexity index is 969. The minimum atomic E-state index is -0.343. The zero-order valence-corrected chi connectivity index (χ0v) is 15.8. The molecule has 0 bridgehead atoms. The van der Waals surface area contributed by atoms with Crippen LogP contribution in [0.25, 0.3) is 5.82 Å². The highest BCUT2D eigenvalue weighted by atomic mass is 19.1. The van der Waals surface area contributed by atoms with Gasteiger partial charge < -0.3 is 4.90 Å². The molecule has 0 saturated carbocycles. The van der Waals surface area contributed by atoms with Gasteiger partial charge >= 0.3 is 0 Å². The lowest BCUT2D eigenvalue weighted by molar-refractivity contribution is 0.0705. The number of hydrogen-bond acceptors (Lipinski definition) is 4. The third-order valence-corrected chi connectivity index (χ3v) is 5.15. The zero-order valence-electron chi connectivity index (χ0n) is 15.8. The summed E-state index contributed by atoms with van der Waals surface area (Å²) in [6.07, 6.45) is 9.67. The van der Waals surface area contributed by atoms with E-state index in [1.807, 2.05) is 15.7 Å². The third kappa shape index (κ3) is 3.52. The minimum Gasteiger partial charge on any atom is -0.338 e. The van der Waals surface area contributed by atoms with Crippen LogP contribution in [-0.4, -0.2) is 43.4 Å². The molecule has 0 N–H and O–H groups in total. The second kappa shape index (κ2) is 7.88. The molecular weight excluding hydrogens is 357 g/mol. The van der Waals surface area contributed by atoms with Crippen LogP contribution in [0.3, 0.4) is 0 Å². The van der Waals surface area contributed by atoms with Crippen LogP contribution in [0, 0.1) is 5.82 Å². The summed E-state index contributed by atoms with van der Waals surface area (Å²) in [5, 5.41) is 0. The second-order valence-electron chi connectivity index (χ2n) is 6.93. The molecule has 4 rings (SSSR count). The van der Waals surface area contributed by atoms with Crippen LogP contribution < -0.4 is 0 Å². The smallest absolute Gasteiger partial charge is 0.253 e. The topological polar surface area (TPSA) is 63.9 Å². The maximum absolute atomic E-state index is 13.2. The Balaban J connectivity index is 1.60. The van der Waals surface area contributed by atoms with E-state index < -0.39 is 0 Å².